The molecule has 1 saturated heterocycles. The lowest BCUT2D eigenvalue weighted by atomic mass is 10.2. The van der Waals surface area contributed by atoms with Crippen molar-refractivity contribution in [3.8, 4) is 0 Å². The molecule has 0 spiro atoms. The van der Waals surface area contributed by atoms with E-state index in [2.05, 4.69) is 36.2 Å². The maximum Gasteiger partial charge on any atom is 0.252 e. The van der Waals surface area contributed by atoms with Gasteiger partial charge in [0.1, 0.15) is 11.6 Å². The van der Waals surface area contributed by atoms with Gasteiger partial charge in [-0.15, -0.1) is 0 Å². The number of aromatic nitrogens is 3. The molecule has 1 aliphatic heterocycles. The summed E-state index contributed by atoms with van der Waals surface area (Å²) in [4.78, 5) is 18.9. The van der Waals surface area contributed by atoms with E-state index in [0.717, 1.165) is 24.4 Å². The summed E-state index contributed by atoms with van der Waals surface area (Å²) in [6.45, 7) is 1.46. The molecule has 6 nitrogen and oxygen atoms in total. The number of amides is 1. The molecule has 1 fully saturated rings. The van der Waals surface area contributed by atoms with Gasteiger partial charge < -0.3 is 10.2 Å². The van der Waals surface area contributed by atoms with Gasteiger partial charge in [0.2, 0.25) is 0 Å². The van der Waals surface area contributed by atoms with Gasteiger partial charge in [-0.05, 0) is 46.6 Å². The molecule has 128 valence electrons. The minimum Gasteiger partial charge on any atom is -0.354 e. The van der Waals surface area contributed by atoms with Crippen molar-refractivity contribution in [1.29, 1.82) is 0 Å². The van der Waals surface area contributed by atoms with Crippen LogP contribution in [0.15, 0.2) is 47.2 Å². The van der Waals surface area contributed by atoms with Crippen molar-refractivity contribution in [1.82, 2.24) is 19.9 Å². The predicted octanol–water partition coefficient (Wildman–Crippen LogP) is 2.64. The van der Waals surface area contributed by atoms with Crippen LogP contribution in [0.25, 0.3) is 5.65 Å². The maximum atomic E-state index is 13.4. The zero-order valence-electron chi connectivity index (χ0n) is 13.2. The quantitative estimate of drug-likeness (QED) is 0.729. The van der Waals surface area contributed by atoms with Gasteiger partial charge >= 0.3 is 0 Å². The van der Waals surface area contributed by atoms with Gasteiger partial charge in [0, 0.05) is 35.9 Å². The third kappa shape index (κ3) is 3.09. The smallest absolute Gasteiger partial charge is 0.252 e. The first-order valence-electron chi connectivity index (χ1n) is 7.91. The number of carbonyl (C=O) groups excluding carboxylic acids is 1. The Morgan fingerprint density at radius 2 is 2.16 bits per heavy atom. The second kappa shape index (κ2) is 6.44. The van der Waals surface area contributed by atoms with Crippen molar-refractivity contribution in [2.45, 2.75) is 12.5 Å². The van der Waals surface area contributed by atoms with Gasteiger partial charge in [0.25, 0.3) is 5.91 Å². The third-order valence-electron chi connectivity index (χ3n) is 4.29. The molecule has 4 rings (SSSR count). The highest BCUT2D eigenvalue weighted by molar-refractivity contribution is 9.10. The molecule has 0 saturated carbocycles. The van der Waals surface area contributed by atoms with Crippen molar-refractivity contribution in [3.05, 3.63) is 58.6 Å². The molecule has 0 radical (unpaired) electrons. The molecule has 1 aliphatic rings. The summed E-state index contributed by atoms with van der Waals surface area (Å²) in [5.41, 5.74) is 1.09. The van der Waals surface area contributed by atoms with Crippen LogP contribution < -0.4 is 10.2 Å². The summed E-state index contributed by atoms with van der Waals surface area (Å²) < 4.78 is 15.8. The summed E-state index contributed by atoms with van der Waals surface area (Å²) in [6, 6.07) is 7.84. The van der Waals surface area contributed by atoms with Gasteiger partial charge in [0.15, 0.2) is 5.65 Å². The summed E-state index contributed by atoms with van der Waals surface area (Å²) in [5, 5.41) is 7.28. The van der Waals surface area contributed by atoms with Gasteiger partial charge in [-0.2, -0.15) is 9.61 Å². The van der Waals surface area contributed by atoms with E-state index in [4.69, 9.17) is 0 Å². The number of carbonyl (C=O) groups is 1. The Balaban J connectivity index is 1.48. The fraction of sp³-hybridized carbons (Fsp3) is 0.235. The molecule has 1 atom stereocenters. The van der Waals surface area contributed by atoms with Crippen molar-refractivity contribution < 1.29 is 9.18 Å². The fourth-order valence-corrected chi connectivity index (χ4v) is 3.51. The van der Waals surface area contributed by atoms with Crippen LogP contribution in [0.5, 0.6) is 0 Å². The number of benzene rings is 1. The van der Waals surface area contributed by atoms with Crippen LogP contribution >= 0.6 is 15.9 Å². The minimum absolute atomic E-state index is 0.0126. The van der Waals surface area contributed by atoms with E-state index in [-0.39, 0.29) is 11.9 Å². The fourth-order valence-electron chi connectivity index (χ4n) is 3.08. The highest BCUT2D eigenvalue weighted by Gasteiger charge is 2.26. The second-order valence-corrected chi connectivity index (χ2v) is 6.79. The van der Waals surface area contributed by atoms with E-state index in [1.807, 2.05) is 12.1 Å². The second-order valence-electron chi connectivity index (χ2n) is 5.93. The van der Waals surface area contributed by atoms with Gasteiger partial charge in [-0.1, -0.05) is 0 Å². The first-order chi connectivity index (χ1) is 12.1. The van der Waals surface area contributed by atoms with Crippen LogP contribution in [0.3, 0.4) is 0 Å². The van der Waals surface area contributed by atoms with Crippen LogP contribution in [0.2, 0.25) is 0 Å². The van der Waals surface area contributed by atoms with E-state index in [1.165, 1.54) is 18.2 Å². The molecule has 25 heavy (non-hydrogen) atoms. The molecule has 8 heteroatoms. The number of rotatable bonds is 3. The molecular formula is C17H15BrFN5O. The van der Waals surface area contributed by atoms with E-state index < -0.39 is 5.82 Å². The van der Waals surface area contributed by atoms with Crippen molar-refractivity contribution in [2.75, 3.05) is 18.0 Å². The Bertz CT molecular complexity index is 944. The number of nitrogens with one attached hydrogen (secondary N) is 1. The highest BCUT2D eigenvalue weighted by Crippen LogP contribution is 2.22. The molecule has 1 N–H and O–H groups in total. The molecule has 3 aromatic rings. The van der Waals surface area contributed by atoms with Gasteiger partial charge in [-0.25, -0.2) is 9.37 Å². The average Bonchev–Trinajstić information content (AvgIpc) is 3.25. The van der Waals surface area contributed by atoms with E-state index in [9.17, 15) is 9.18 Å². The van der Waals surface area contributed by atoms with Crippen molar-refractivity contribution in [2.24, 2.45) is 0 Å². The largest absolute Gasteiger partial charge is 0.354 e. The van der Waals surface area contributed by atoms with Crippen molar-refractivity contribution in [3.63, 3.8) is 0 Å². The maximum absolute atomic E-state index is 13.4. The van der Waals surface area contributed by atoms with Crippen LogP contribution in [0.1, 0.15) is 16.8 Å². The summed E-state index contributed by atoms with van der Waals surface area (Å²) in [6.07, 6.45) is 4.27. The molecule has 3 heterocycles. The Labute approximate surface area is 151 Å². The lowest BCUT2D eigenvalue weighted by Gasteiger charge is -2.19. The molecule has 2 aromatic heterocycles. The molecule has 0 aliphatic carbocycles. The molecular weight excluding hydrogens is 389 g/mol. The normalized spacial score (nSPS) is 17.2. The lowest BCUT2D eigenvalue weighted by Crippen LogP contribution is -2.37. The zero-order valence-corrected chi connectivity index (χ0v) is 14.8. The standard InChI is InChI=1S/C17H15BrFN5O/c18-14-2-1-11(19)9-13(14)17(25)22-12-5-8-23(10-12)16-4-6-20-15-3-7-21-24(15)16/h1-4,6-7,9,12H,5,8,10H2,(H,22,25). The number of nitrogens with zero attached hydrogens (tertiary/aromatic N) is 4. The third-order valence-corrected chi connectivity index (χ3v) is 4.98. The number of fused-ring (bicyclic) bond motifs is 1. The molecule has 1 aromatic carbocycles. The monoisotopic (exact) mass is 403 g/mol. The average molecular weight is 404 g/mol. The zero-order chi connectivity index (χ0) is 17.4. The van der Waals surface area contributed by atoms with Crippen LogP contribution in [0.4, 0.5) is 10.2 Å². The SMILES string of the molecule is O=C(NC1CCN(c2ccnc3ccnn23)C1)c1cc(F)ccc1Br. The number of anilines is 1. The molecule has 1 amide bonds. The molecule has 1 unspecified atom stereocenters. The Hall–Kier alpha value is -2.48. The Kier molecular flexibility index (Phi) is 4.12. The van der Waals surface area contributed by atoms with E-state index >= 15 is 0 Å². The summed E-state index contributed by atoms with van der Waals surface area (Å²) >= 11 is 3.30. The molecule has 0 bridgehead atoms. The van der Waals surface area contributed by atoms with E-state index in [1.54, 1.807) is 16.9 Å². The summed E-state index contributed by atoms with van der Waals surface area (Å²) in [5.74, 6) is 0.232. The highest BCUT2D eigenvalue weighted by atomic mass is 79.9. The summed E-state index contributed by atoms with van der Waals surface area (Å²) in [7, 11) is 0. The van der Waals surface area contributed by atoms with Gasteiger partial charge in [-0.3, -0.25) is 4.79 Å². The van der Waals surface area contributed by atoms with E-state index in [0.29, 0.717) is 16.6 Å². The predicted molar refractivity (Wildman–Crippen MR) is 95.2 cm³/mol. The number of halogens is 2. The topological polar surface area (TPSA) is 62.5 Å². The number of hydrogen-bond donors (Lipinski definition) is 1. The lowest BCUT2D eigenvalue weighted by molar-refractivity contribution is 0.0939. The van der Waals surface area contributed by atoms with Crippen molar-refractivity contribution >= 4 is 33.3 Å². The number of hydrogen-bond acceptors (Lipinski definition) is 4. The Morgan fingerprint density at radius 3 is 3.04 bits per heavy atom. The first kappa shape index (κ1) is 16.0. The first-order valence-corrected chi connectivity index (χ1v) is 8.71. The minimum atomic E-state index is -0.431. The van der Waals surface area contributed by atoms with Crippen LogP contribution in [-0.2, 0) is 0 Å². The van der Waals surface area contributed by atoms with Crippen LogP contribution in [-0.4, -0.2) is 39.6 Å². The Morgan fingerprint density at radius 1 is 1.28 bits per heavy atom. The van der Waals surface area contributed by atoms with Gasteiger partial charge in [0.05, 0.1) is 11.8 Å². The van der Waals surface area contributed by atoms with Crippen LogP contribution in [0, 0.1) is 5.82 Å².